The molecule has 1 atom stereocenters. The Morgan fingerprint density at radius 1 is 1.52 bits per heavy atom. The summed E-state index contributed by atoms with van der Waals surface area (Å²) < 4.78 is 5.75. The lowest BCUT2D eigenvalue weighted by molar-refractivity contribution is -0.384. The van der Waals surface area contributed by atoms with Crippen LogP contribution in [0.1, 0.15) is 12.8 Å². The number of hydrogen-bond acceptors (Lipinski definition) is 6. The Kier molecular flexibility index (Phi) is 4.68. The molecule has 0 unspecified atom stereocenters. The minimum Gasteiger partial charge on any atom is -0.441 e. The Balaban J connectivity index is 1.66. The second-order valence-corrected chi connectivity index (χ2v) is 5.76. The highest BCUT2D eigenvalue weighted by molar-refractivity contribution is 5.60. The van der Waals surface area contributed by atoms with Crippen molar-refractivity contribution in [2.24, 2.45) is 0 Å². The van der Waals surface area contributed by atoms with Gasteiger partial charge in [-0.25, -0.2) is 4.98 Å². The predicted molar refractivity (Wildman–Crippen MR) is 86.2 cm³/mol. The number of nitrogens with zero attached hydrogens (tertiary/aromatic N) is 3. The first-order valence-electron chi connectivity index (χ1n) is 7.78. The van der Waals surface area contributed by atoms with Crippen molar-refractivity contribution in [3.05, 3.63) is 46.5 Å². The van der Waals surface area contributed by atoms with Crippen LogP contribution < -0.4 is 5.32 Å². The van der Waals surface area contributed by atoms with Crippen LogP contribution in [-0.4, -0.2) is 47.0 Å². The van der Waals surface area contributed by atoms with Gasteiger partial charge < -0.3 is 9.73 Å². The van der Waals surface area contributed by atoms with Gasteiger partial charge in [-0.1, -0.05) is 12.1 Å². The van der Waals surface area contributed by atoms with Crippen LogP contribution in [0.3, 0.4) is 0 Å². The van der Waals surface area contributed by atoms with Crippen LogP contribution in [0, 0.1) is 10.1 Å². The van der Waals surface area contributed by atoms with E-state index in [0.717, 1.165) is 32.6 Å². The van der Waals surface area contributed by atoms with Gasteiger partial charge in [-0.05, 0) is 6.92 Å². The van der Waals surface area contributed by atoms with Crippen molar-refractivity contribution in [1.82, 2.24) is 15.2 Å². The Bertz CT molecular complexity index is 685. The molecule has 0 bridgehead atoms. The van der Waals surface area contributed by atoms with Crippen LogP contribution in [0.4, 0.5) is 5.69 Å². The van der Waals surface area contributed by atoms with Gasteiger partial charge in [0, 0.05) is 56.3 Å². The monoisotopic (exact) mass is 316 g/mol. The van der Waals surface area contributed by atoms with Gasteiger partial charge in [0.25, 0.3) is 5.69 Å². The molecule has 1 fully saturated rings. The van der Waals surface area contributed by atoms with E-state index < -0.39 is 4.92 Å². The lowest BCUT2D eigenvalue weighted by Crippen LogP contribution is -2.50. The first-order valence-corrected chi connectivity index (χ1v) is 7.78. The predicted octanol–water partition coefficient (Wildman–Crippen LogP) is 2.09. The number of rotatable bonds is 5. The van der Waals surface area contributed by atoms with E-state index in [1.54, 1.807) is 18.3 Å². The van der Waals surface area contributed by atoms with Crippen molar-refractivity contribution in [2.75, 3.05) is 26.2 Å². The number of hydrogen-bond donors (Lipinski definition) is 1. The third-order valence-corrected chi connectivity index (χ3v) is 4.15. The molecule has 0 radical (unpaired) electrons. The molecule has 1 N–H and O–H groups in total. The molecule has 0 amide bonds. The van der Waals surface area contributed by atoms with Crippen molar-refractivity contribution in [3.8, 4) is 11.3 Å². The molecule has 7 heteroatoms. The zero-order chi connectivity index (χ0) is 16.2. The van der Waals surface area contributed by atoms with Gasteiger partial charge in [0.15, 0.2) is 11.7 Å². The van der Waals surface area contributed by atoms with Gasteiger partial charge in [-0.3, -0.25) is 15.0 Å². The molecule has 1 aliphatic heterocycles. The summed E-state index contributed by atoms with van der Waals surface area (Å²) in [6.45, 7) is 6.15. The fourth-order valence-corrected chi connectivity index (χ4v) is 2.79. The molecule has 1 saturated heterocycles. The Labute approximate surface area is 134 Å². The highest BCUT2D eigenvalue weighted by atomic mass is 16.6. The topological polar surface area (TPSA) is 84.4 Å². The van der Waals surface area contributed by atoms with Crippen LogP contribution in [-0.2, 0) is 6.42 Å². The zero-order valence-corrected chi connectivity index (χ0v) is 13.1. The highest BCUT2D eigenvalue weighted by Gasteiger charge is 2.18. The molecule has 0 aliphatic carbocycles. The summed E-state index contributed by atoms with van der Waals surface area (Å²) in [5.41, 5.74) is 0.726. The van der Waals surface area contributed by atoms with E-state index in [9.17, 15) is 10.1 Å². The summed E-state index contributed by atoms with van der Waals surface area (Å²) in [6.07, 6.45) is 2.37. The lowest BCUT2D eigenvalue weighted by atomic mass is 10.2. The number of benzene rings is 1. The van der Waals surface area contributed by atoms with E-state index in [-0.39, 0.29) is 5.69 Å². The van der Waals surface area contributed by atoms with E-state index in [2.05, 4.69) is 22.1 Å². The summed E-state index contributed by atoms with van der Waals surface area (Å²) >= 11 is 0. The average molecular weight is 316 g/mol. The van der Waals surface area contributed by atoms with E-state index >= 15 is 0 Å². The van der Waals surface area contributed by atoms with Gasteiger partial charge in [0.05, 0.1) is 11.1 Å². The zero-order valence-electron chi connectivity index (χ0n) is 13.1. The van der Waals surface area contributed by atoms with Crippen LogP contribution in [0.5, 0.6) is 0 Å². The Morgan fingerprint density at radius 2 is 2.39 bits per heavy atom. The number of non-ortho nitro benzene ring substituents is 1. The molecule has 2 heterocycles. The first kappa shape index (κ1) is 15.6. The maximum atomic E-state index is 10.8. The van der Waals surface area contributed by atoms with Gasteiger partial charge in [0.2, 0.25) is 0 Å². The Hall–Kier alpha value is -2.25. The average Bonchev–Trinajstić information content (AvgIpc) is 3.03. The lowest BCUT2D eigenvalue weighted by Gasteiger charge is -2.33. The number of aromatic nitrogens is 1. The number of oxazole rings is 1. The molecule has 0 saturated carbocycles. The smallest absolute Gasteiger partial charge is 0.270 e. The molecule has 1 aliphatic rings. The second-order valence-electron chi connectivity index (χ2n) is 5.76. The van der Waals surface area contributed by atoms with E-state index in [4.69, 9.17) is 4.42 Å². The van der Waals surface area contributed by atoms with Crippen molar-refractivity contribution in [3.63, 3.8) is 0 Å². The molecule has 0 spiro atoms. The second kappa shape index (κ2) is 6.89. The third kappa shape index (κ3) is 3.75. The molecule has 2 aromatic rings. The van der Waals surface area contributed by atoms with Crippen molar-refractivity contribution in [2.45, 2.75) is 19.4 Å². The van der Waals surface area contributed by atoms with Crippen molar-refractivity contribution < 1.29 is 9.34 Å². The number of nitro benzene ring substituents is 1. The summed E-state index contributed by atoms with van der Waals surface area (Å²) in [4.78, 5) is 17.1. The van der Waals surface area contributed by atoms with E-state index in [0.29, 0.717) is 23.3 Å². The summed E-state index contributed by atoms with van der Waals surface area (Å²) in [6, 6.07) is 6.91. The molecular weight excluding hydrogens is 296 g/mol. The quantitative estimate of drug-likeness (QED) is 0.671. The Morgan fingerprint density at radius 3 is 3.17 bits per heavy atom. The normalized spacial score (nSPS) is 18.9. The molecule has 23 heavy (non-hydrogen) atoms. The maximum absolute atomic E-state index is 10.8. The SMILES string of the molecule is C[C@H]1CNCCN1CCc1ncc(-c2cccc([N+](=O)[O-])c2)o1. The van der Waals surface area contributed by atoms with Gasteiger partial charge >= 0.3 is 0 Å². The van der Waals surface area contributed by atoms with Crippen molar-refractivity contribution >= 4 is 5.69 Å². The molecule has 3 rings (SSSR count). The third-order valence-electron chi connectivity index (χ3n) is 4.15. The number of nitrogens with one attached hydrogen (secondary N) is 1. The standard InChI is InChI=1S/C16H20N4O3/c1-12-10-17-6-8-19(12)7-5-16-18-11-15(23-16)13-3-2-4-14(9-13)20(21)22/h2-4,9,11-12,17H,5-8,10H2,1H3/t12-/m0/s1. The summed E-state index contributed by atoms with van der Waals surface area (Å²) in [5, 5.41) is 14.2. The number of nitro groups is 1. The first-order chi connectivity index (χ1) is 11.1. The fourth-order valence-electron chi connectivity index (χ4n) is 2.79. The molecule has 122 valence electrons. The minimum atomic E-state index is -0.410. The van der Waals surface area contributed by atoms with E-state index in [1.165, 1.54) is 12.1 Å². The van der Waals surface area contributed by atoms with Crippen LogP contribution in [0.15, 0.2) is 34.9 Å². The van der Waals surface area contributed by atoms with Gasteiger partial charge in [-0.15, -0.1) is 0 Å². The van der Waals surface area contributed by atoms with Crippen LogP contribution >= 0.6 is 0 Å². The van der Waals surface area contributed by atoms with Gasteiger partial charge in [0.1, 0.15) is 0 Å². The minimum absolute atomic E-state index is 0.0510. The van der Waals surface area contributed by atoms with E-state index in [1.807, 2.05) is 0 Å². The van der Waals surface area contributed by atoms with Gasteiger partial charge in [-0.2, -0.15) is 0 Å². The molecule has 7 nitrogen and oxygen atoms in total. The molecular formula is C16H20N4O3. The largest absolute Gasteiger partial charge is 0.441 e. The summed E-state index contributed by atoms with van der Waals surface area (Å²) in [7, 11) is 0. The molecule has 1 aromatic carbocycles. The van der Waals surface area contributed by atoms with Crippen LogP contribution in [0.2, 0.25) is 0 Å². The highest BCUT2D eigenvalue weighted by Crippen LogP contribution is 2.24. The van der Waals surface area contributed by atoms with Crippen LogP contribution in [0.25, 0.3) is 11.3 Å². The fraction of sp³-hybridized carbons (Fsp3) is 0.438. The molecule has 1 aromatic heterocycles. The van der Waals surface area contributed by atoms with Crippen molar-refractivity contribution in [1.29, 1.82) is 0 Å². The number of piperazine rings is 1. The summed E-state index contributed by atoms with van der Waals surface area (Å²) in [5.74, 6) is 1.23. The maximum Gasteiger partial charge on any atom is 0.270 e.